The molecule has 4 aromatic rings. The molecule has 0 saturated heterocycles. The standard InChI is InChI=1S/C24H14Cl2O3S/c25-18-9-1-7-16(13-18)23(27)29-20-11-3-5-15-6-4-12-21(22(15)20)30-24(28)17-8-2-10-19(26)14-17/h1-14H. The van der Waals surface area contributed by atoms with Gasteiger partial charge in [0.25, 0.3) is 0 Å². The van der Waals surface area contributed by atoms with Gasteiger partial charge in [0, 0.05) is 25.9 Å². The molecular weight excluding hydrogens is 439 g/mol. The summed E-state index contributed by atoms with van der Waals surface area (Å²) in [6, 6.07) is 24.4. The molecule has 3 nitrogen and oxygen atoms in total. The monoisotopic (exact) mass is 452 g/mol. The predicted octanol–water partition coefficient (Wildman–Crippen LogP) is 7.30. The molecule has 0 radical (unpaired) electrons. The van der Waals surface area contributed by atoms with Crippen molar-refractivity contribution in [3.05, 3.63) is 106 Å². The molecule has 0 amide bonds. The topological polar surface area (TPSA) is 43.4 Å². The summed E-state index contributed by atoms with van der Waals surface area (Å²) in [5.41, 5.74) is 0.845. The molecule has 0 aromatic heterocycles. The fourth-order valence-corrected chi connectivity index (χ4v) is 4.28. The first-order valence-electron chi connectivity index (χ1n) is 8.98. The Bertz CT molecular complexity index is 1180. The minimum atomic E-state index is -0.522. The molecule has 0 aliphatic carbocycles. The highest BCUT2D eigenvalue weighted by Crippen LogP contribution is 2.37. The maximum Gasteiger partial charge on any atom is 0.343 e. The molecule has 0 aliphatic heterocycles. The average molecular weight is 453 g/mol. The van der Waals surface area contributed by atoms with Gasteiger partial charge in [-0.1, -0.05) is 65.7 Å². The van der Waals surface area contributed by atoms with Gasteiger partial charge >= 0.3 is 5.97 Å². The highest BCUT2D eigenvalue weighted by molar-refractivity contribution is 8.14. The molecule has 4 rings (SSSR count). The van der Waals surface area contributed by atoms with Crippen molar-refractivity contribution in [1.29, 1.82) is 0 Å². The minimum absolute atomic E-state index is 0.152. The van der Waals surface area contributed by atoms with E-state index in [0.29, 0.717) is 37.2 Å². The van der Waals surface area contributed by atoms with Crippen molar-refractivity contribution in [3.63, 3.8) is 0 Å². The Hall–Kier alpha value is -2.79. The first kappa shape index (κ1) is 20.5. The number of halogens is 2. The van der Waals surface area contributed by atoms with Crippen LogP contribution in [0.1, 0.15) is 20.7 Å². The third-order valence-electron chi connectivity index (χ3n) is 4.35. The Morgan fingerprint density at radius 2 is 1.33 bits per heavy atom. The van der Waals surface area contributed by atoms with Crippen molar-refractivity contribution in [3.8, 4) is 5.75 Å². The molecule has 0 unspecified atom stereocenters. The van der Waals surface area contributed by atoms with Gasteiger partial charge in [0.2, 0.25) is 5.12 Å². The van der Waals surface area contributed by atoms with E-state index in [1.54, 1.807) is 60.7 Å². The van der Waals surface area contributed by atoms with E-state index < -0.39 is 5.97 Å². The van der Waals surface area contributed by atoms with Gasteiger partial charge in [0.1, 0.15) is 5.75 Å². The number of esters is 1. The molecule has 30 heavy (non-hydrogen) atoms. The molecule has 4 aromatic carbocycles. The van der Waals surface area contributed by atoms with Crippen molar-refractivity contribution in [2.75, 3.05) is 0 Å². The van der Waals surface area contributed by atoms with Crippen molar-refractivity contribution in [2.24, 2.45) is 0 Å². The van der Waals surface area contributed by atoms with Gasteiger partial charge in [-0.05, 0) is 59.6 Å². The summed E-state index contributed by atoms with van der Waals surface area (Å²) >= 11 is 13.1. The van der Waals surface area contributed by atoms with E-state index in [0.717, 1.165) is 17.1 Å². The van der Waals surface area contributed by atoms with Crippen LogP contribution in [0.2, 0.25) is 10.0 Å². The average Bonchev–Trinajstić information content (AvgIpc) is 2.74. The predicted molar refractivity (Wildman–Crippen MR) is 122 cm³/mol. The van der Waals surface area contributed by atoms with Gasteiger partial charge in [0.05, 0.1) is 5.56 Å². The molecule has 0 heterocycles. The summed E-state index contributed by atoms with van der Waals surface area (Å²) in [6.45, 7) is 0. The summed E-state index contributed by atoms with van der Waals surface area (Å²) in [6.07, 6.45) is 0. The lowest BCUT2D eigenvalue weighted by atomic mass is 10.1. The van der Waals surface area contributed by atoms with Crippen molar-refractivity contribution < 1.29 is 14.3 Å². The number of thioether (sulfide) groups is 1. The van der Waals surface area contributed by atoms with Gasteiger partial charge in [-0.3, -0.25) is 4.79 Å². The molecule has 0 fully saturated rings. The van der Waals surface area contributed by atoms with Crippen LogP contribution >= 0.6 is 35.0 Å². The van der Waals surface area contributed by atoms with Crippen LogP contribution in [0.25, 0.3) is 10.8 Å². The second-order valence-electron chi connectivity index (χ2n) is 6.41. The first-order chi connectivity index (χ1) is 14.5. The normalized spacial score (nSPS) is 10.7. The smallest absolute Gasteiger partial charge is 0.343 e. The second kappa shape index (κ2) is 8.92. The summed E-state index contributed by atoms with van der Waals surface area (Å²) in [5.74, 6) is -0.148. The summed E-state index contributed by atoms with van der Waals surface area (Å²) < 4.78 is 5.67. The van der Waals surface area contributed by atoms with Gasteiger partial charge in [-0.25, -0.2) is 4.79 Å². The molecule has 0 saturated carbocycles. The minimum Gasteiger partial charge on any atom is -0.422 e. The number of hydrogen-bond donors (Lipinski definition) is 0. The van der Waals surface area contributed by atoms with Crippen LogP contribution in [0.4, 0.5) is 0 Å². The van der Waals surface area contributed by atoms with Crippen molar-refractivity contribution in [2.45, 2.75) is 4.90 Å². The maximum absolute atomic E-state index is 12.8. The fraction of sp³-hybridized carbons (Fsp3) is 0. The molecule has 0 atom stereocenters. The van der Waals surface area contributed by atoms with Crippen LogP contribution < -0.4 is 4.74 Å². The van der Waals surface area contributed by atoms with Crippen molar-refractivity contribution in [1.82, 2.24) is 0 Å². The summed E-state index contributed by atoms with van der Waals surface area (Å²) in [5, 5.41) is 2.34. The van der Waals surface area contributed by atoms with Crippen molar-refractivity contribution >= 4 is 56.8 Å². The second-order valence-corrected chi connectivity index (χ2v) is 8.30. The van der Waals surface area contributed by atoms with E-state index in [1.807, 2.05) is 24.3 Å². The van der Waals surface area contributed by atoms with Gasteiger partial charge in [-0.2, -0.15) is 0 Å². The van der Waals surface area contributed by atoms with Gasteiger partial charge in [-0.15, -0.1) is 0 Å². The molecule has 0 N–H and O–H groups in total. The van der Waals surface area contributed by atoms with E-state index in [9.17, 15) is 9.59 Å². The molecule has 0 bridgehead atoms. The van der Waals surface area contributed by atoms with E-state index >= 15 is 0 Å². The number of benzene rings is 4. The summed E-state index contributed by atoms with van der Waals surface area (Å²) in [7, 11) is 0. The molecule has 6 heteroatoms. The van der Waals surface area contributed by atoms with Crippen LogP contribution in [0, 0.1) is 0 Å². The molecule has 0 spiro atoms. The van der Waals surface area contributed by atoms with E-state index in [1.165, 1.54) is 0 Å². The molecule has 0 aliphatic rings. The Morgan fingerprint density at radius 1 is 0.733 bits per heavy atom. The zero-order valence-corrected chi connectivity index (χ0v) is 17.8. The Labute approximate surface area is 187 Å². The molecule has 148 valence electrons. The summed E-state index contributed by atoms with van der Waals surface area (Å²) in [4.78, 5) is 26.1. The first-order valence-corrected chi connectivity index (χ1v) is 10.6. The number of hydrogen-bond acceptors (Lipinski definition) is 4. The third kappa shape index (κ3) is 4.51. The van der Waals surface area contributed by atoms with Crippen LogP contribution in [0.3, 0.4) is 0 Å². The zero-order chi connectivity index (χ0) is 21.1. The Kier molecular flexibility index (Phi) is 6.09. The lowest BCUT2D eigenvalue weighted by Gasteiger charge is -2.11. The fourth-order valence-electron chi connectivity index (χ4n) is 2.99. The highest BCUT2D eigenvalue weighted by Gasteiger charge is 2.16. The van der Waals surface area contributed by atoms with Gasteiger partial charge in [0.15, 0.2) is 0 Å². The lowest BCUT2D eigenvalue weighted by Crippen LogP contribution is -2.08. The lowest BCUT2D eigenvalue weighted by molar-refractivity contribution is 0.0737. The zero-order valence-electron chi connectivity index (χ0n) is 15.5. The van der Waals surface area contributed by atoms with E-state index in [2.05, 4.69) is 0 Å². The van der Waals surface area contributed by atoms with E-state index in [4.69, 9.17) is 27.9 Å². The molecular formula is C24H14Cl2O3S. The Morgan fingerprint density at radius 3 is 2.03 bits per heavy atom. The van der Waals surface area contributed by atoms with Crippen LogP contribution in [-0.2, 0) is 0 Å². The number of fused-ring (bicyclic) bond motifs is 1. The number of carbonyl (C=O) groups is 2. The number of ether oxygens (including phenoxy) is 1. The number of rotatable bonds is 4. The van der Waals surface area contributed by atoms with Crippen LogP contribution in [0.15, 0.2) is 89.8 Å². The SMILES string of the molecule is O=C(Oc1cccc2cccc(SC(=O)c3cccc(Cl)c3)c12)c1cccc(Cl)c1. The van der Waals surface area contributed by atoms with E-state index in [-0.39, 0.29) is 5.12 Å². The quantitative estimate of drug-likeness (QED) is 0.185. The van der Waals surface area contributed by atoms with Gasteiger partial charge < -0.3 is 4.74 Å². The Balaban J connectivity index is 1.70. The third-order valence-corrected chi connectivity index (χ3v) is 5.81. The highest BCUT2D eigenvalue weighted by atomic mass is 35.5. The largest absolute Gasteiger partial charge is 0.422 e. The van der Waals surface area contributed by atoms with Crippen LogP contribution in [0.5, 0.6) is 5.75 Å². The maximum atomic E-state index is 12.8. The van der Waals surface area contributed by atoms with Crippen LogP contribution in [-0.4, -0.2) is 11.1 Å². The number of carbonyl (C=O) groups excluding carboxylic acids is 2.